The summed E-state index contributed by atoms with van der Waals surface area (Å²) in [6, 6.07) is 4.47. The molecule has 1 atom stereocenters. The quantitative estimate of drug-likeness (QED) is 0.884. The van der Waals surface area contributed by atoms with E-state index in [2.05, 4.69) is 17.3 Å². The molecule has 0 radical (unpaired) electrons. The first-order valence-electron chi connectivity index (χ1n) is 6.06. The maximum Gasteiger partial charge on any atom is 0.144 e. The first-order valence-corrected chi connectivity index (χ1v) is 6.06. The molecule has 1 N–H and O–H groups in total. The van der Waals surface area contributed by atoms with Gasteiger partial charge in [0, 0.05) is 25.7 Å². The number of methoxy groups -OCH3 is 1. The molecule has 1 saturated heterocycles. The average Bonchev–Trinajstić information content (AvgIpc) is 2.37. The molecular formula is C13H19FN2O2. The highest BCUT2D eigenvalue weighted by atomic mass is 19.1. The zero-order valence-electron chi connectivity index (χ0n) is 10.8. The molecule has 0 aliphatic carbocycles. The molecule has 0 aromatic heterocycles. The van der Waals surface area contributed by atoms with Crippen LogP contribution in [-0.2, 0) is 4.74 Å². The molecule has 1 fully saturated rings. The molecule has 2 rings (SSSR count). The van der Waals surface area contributed by atoms with E-state index < -0.39 is 0 Å². The smallest absolute Gasteiger partial charge is 0.144 e. The van der Waals surface area contributed by atoms with Gasteiger partial charge in [-0.15, -0.1) is 0 Å². The van der Waals surface area contributed by atoms with Crippen molar-refractivity contribution >= 4 is 5.69 Å². The molecule has 1 unspecified atom stereocenters. The Morgan fingerprint density at radius 2 is 2.39 bits per heavy atom. The molecule has 4 nitrogen and oxygen atoms in total. The van der Waals surface area contributed by atoms with Crippen molar-refractivity contribution in [3.8, 4) is 5.75 Å². The van der Waals surface area contributed by atoms with Gasteiger partial charge in [0.15, 0.2) is 0 Å². The van der Waals surface area contributed by atoms with Crippen molar-refractivity contribution in [1.82, 2.24) is 4.90 Å². The third-order valence-corrected chi connectivity index (χ3v) is 3.03. The SMILES string of the molecule is COc1cc(F)ccc1NCC1CN(C)CCO1. The van der Waals surface area contributed by atoms with Crippen molar-refractivity contribution in [3.63, 3.8) is 0 Å². The van der Waals surface area contributed by atoms with Gasteiger partial charge in [-0.25, -0.2) is 4.39 Å². The molecule has 100 valence electrons. The summed E-state index contributed by atoms with van der Waals surface area (Å²) in [6.07, 6.45) is 0.151. The summed E-state index contributed by atoms with van der Waals surface area (Å²) in [7, 11) is 3.61. The number of likely N-dealkylation sites (N-methyl/N-ethyl adjacent to an activating group) is 1. The topological polar surface area (TPSA) is 33.7 Å². The van der Waals surface area contributed by atoms with Gasteiger partial charge in [0.05, 0.1) is 25.5 Å². The third-order valence-electron chi connectivity index (χ3n) is 3.03. The van der Waals surface area contributed by atoms with Gasteiger partial charge in [0.2, 0.25) is 0 Å². The normalized spacial score (nSPS) is 20.7. The second-order valence-electron chi connectivity index (χ2n) is 4.48. The third kappa shape index (κ3) is 3.34. The number of hydrogen-bond donors (Lipinski definition) is 1. The van der Waals surface area contributed by atoms with Crippen LogP contribution in [0.2, 0.25) is 0 Å². The molecule has 5 heteroatoms. The van der Waals surface area contributed by atoms with Crippen LogP contribution < -0.4 is 10.1 Å². The van der Waals surface area contributed by atoms with Gasteiger partial charge in [0.1, 0.15) is 11.6 Å². The molecule has 0 amide bonds. The Labute approximate surface area is 107 Å². The Kier molecular flexibility index (Phi) is 4.38. The largest absolute Gasteiger partial charge is 0.494 e. The van der Waals surface area contributed by atoms with Gasteiger partial charge in [-0.2, -0.15) is 0 Å². The zero-order chi connectivity index (χ0) is 13.0. The van der Waals surface area contributed by atoms with Crippen LogP contribution in [0.4, 0.5) is 10.1 Å². The van der Waals surface area contributed by atoms with E-state index in [-0.39, 0.29) is 11.9 Å². The van der Waals surface area contributed by atoms with E-state index in [0.29, 0.717) is 12.3 Å². The number of nitrogens with zero attached hydrogens (tertiary/aromatic N) is 1. The van der Waals surface area contributed by atoms with Crippen LogP contribution in [0, 0.1) is 5.82 Å². The maximum atomic E-state index is 13.0. The fourth-order valence-electron chi connectivity index (χ4n) is 2.03. The maximum absolute atomic E-state index is 13.0. The highest BCUT2D eigenvalue weighted by Gasteiger charge is 2.17. The van der Waals surface area contributed by atoms with Gasteiger partial charge in [0.25, 0.3) is 0 Å². The van der Waals surface area contributed by atoms with Gasteiger partial charge in [-0.05, 0) is 19.2 Å². The molecule has 1 aromatic rings. The Balaban J connectivity index is 1.93. The molecule has 1 aliphatic rings. The highest BCUT2D eigenvalue weighted by Crippen LogP contribution is 2.25. The minimum atomic E-state index is -0.300. The molecule has 0 bridgehead atoms. The predicted molar refractivity (Wildman–Crippen MR) is 68.7 cm³/mol. The molecule has 18 heavy (non-hydrogen) atoms. The lowest BCUT2D eigenvalue weighted by Crippen LogP contribution is -2.43. The fraction of sp³-hybridized carbons (Fsp3) is 0.538. The van der Waals surface area contributed by atoms with Gasteiger partial charge in [-0.3, -0.25) is 0 Å². The van der Waals surface area contributed by atoms with Crippen LogP contribution in [0.25, 0.3) is 0 Å². The Morgan fingerprint density at radius 3 is 3.11 bits per heavy atom. The Morgan fingerprint density at radius 1 is 1.56 bits per heavy atom. The van der Waals surface area contributed by atoms with Crippen LogP contribution in [0.15, 0.2) is 18.2 Å². The predicted octanol–water partition coefficient (Wildman–Crippen LogP) is 1.58. The molecule has 1 aliphatic heterocycles. The van der Waals surface area contributed by atoms with Crippen molar-refractivity contribution in [2.24, 2.45) is 0 Å². The first-order chi connectivity index (χ1) is 8.69. The minimum absolute atomic E-state index is 0.151. The number of anilines is 1. The van der Waals surface area contributed by atoms with Crippen molar-refractivity contribution in [2.45, 2.75) is 6.10 Å². The van der Waals surface area contributed by atoms with Crippen molar-refractivity contribution < 1.29 is 13.9 Å². The lowest BCUT2D eigenvalue weighted by Gasteiger charge is -2.30. The van der Waals surface area contributed by atoms with Crippen LogP contribution in [0.1, 0.15) is 0 Å². The zero-order valence-corrected chi connectivity index (χ0v) is 10.8. The van der Waals surface area contributed by atoms with Gasteiger partial charge >= 0.3 is 0 Å². The van der Waals surface area contributed by atoms with Crippen molar-refractivity contribution in [1.29, 1.82) is 0 Å². The number of hydrogen-bond acceptors (Lipinski definition) is 4. The summed E-state index contributed by atoms with van der Waals surface area (Å²) in [6.45, 7) is 3.31. The van der Waals surface area contributed by atoms with Crippen molar-refractivity contribution in [3.05, 3.63) is 24.0 Å². The van der Waals surface area contributed by atoms with Crippen LogP contribution >= 0.6 is 0 Å². The van der Waals surface area contributed by atoms with E-state index in [0.717, 1.165) is 25.4 Å². The summed E-state index contributed by atoms with van der Waals surface area (Å²) in [5, 5.41) is 3.24. The summed E-state index contributed by atoms with van der Waals surface area (Å²) < 4.78 is 23.8. The summed E-state index contributed by atoms with van der Waals surface area (Å²) in [5.41, 5.74) is 0.788. The summed E-state index contributed by atoms with van der Waals surface area (Å²) in [4.78, 5) is 2.23. The van der Waals surface area contributed by atoms with E-state index in [1.54, 1.807) is 6.07 Å². The van der Waals surface area contributed by atoms with Crippen LogP contribution in [-0.4, -0.2) is 51.4 Å². The average molecular weight is 254 g/mol. The van der Waals surface area contributed by atoms with E-state index in [9.17, 15) is 4.39 Å². The van der Waals surface area contributed by atoms with Crippen LogP contribution in [0.5, 0.6) is 5.75 Å². The van der Waals surface area contributed by atoms with Crippen molar-refractivity contribution in [2.75, 3.05) is 45.7 Å². The van der Waals surface area contributed by atoms with Gasteiger partial charge < -0.3 is 19.7 Å². The number of morpholine rings is 1. The van der Waals surface area contributed by atoms with Gasteiger partial charge in [-0.1, -0.05) is 0 Å². The molecule has 1 aromatic carbocycles. The molecule has 0 saturated carbocycles. The standard InChI is InChI=1S/C13H19FN2O2/c1-16-5-6-18-11(9-16)8-15-12-4-3-10(14)7-13(12)17-2/h3-4,7,11,15H,5-6,8-9H2,1-2H3. The Bertz CT molecular complexity index is 401. The molecule has 0 spiro atoms. The monoisotopic (exact) mass is 254 g/mol. The lowest BCUT2D eigenvalue weighted by molar-refractivity contribution is -0.0117. The number of halogens is 1. The number of rotatable bonds is 4. The second-order valence-corrected chi connectivity index (χ2v) is 4.48. The van der Waals surface area contributed by atoms with E-state index in [1.165, 1.54) is 19.2 Å². The lowest BCUT2D eigenvalue weighted by atomic mass is 10.2. The fourth-order valence-corrected chi connectivity index (χ4v) is 2.03. The number of ether oxygens (including phenoxy) is 2. The van der Waals surface area contributed by atoms with E-state index >= 15 is 0 Å². The first kappa shape index (κ1) is 13.1. The number of nitrogens with one attached hydrogen (secondary N) is 1. The second kappa shape index (κ2) is 6.02. The Hall–Kier alpha value is -1.33. The number of benzene rings is 1. The van der Waals surface area contributed by atoms with Crippen LogP contribution in [0.3, 0.4) is 0 Å². The van der Waals surface area contributed by atoms with E-state index in [4.69, 9.17) is 9.47 Å². The summed E-state index contributed by atoms with van der Waals surface area (Å²) >= 11 is 0. The molecular weight excluding hydrogens is 235 g/mol. The summed E-state index contributed by atoms with van der Waals surface area (Å²) in [5.74, 6) is 0.213. The van der Waals surface area contributed by atoms with E-state index in [1.807, 2.05) is 0 Å². The molecule has 1 heterocycles. The minimum Gasteiger partial charge on any atom is -0.494 e. The highest BCUT2D eigenvalue weighted by molar-refractivity contribution is 5.56.